The molecule has 5 heteroatoms. The number of nitrogens with zero attached hydrogens (tertiary/aromatic N) is 2. The number of carbonyl (C=O) groups is 1. The van der Waals surface area contributed by atoms with Gasteiger partial charge < -0.3 is 9.84 Å². The Labute approximate surface area is 163 Å². The van der Waals surface area contributed by atoms with Crippen LogP contribution in [0.1, 0.15) is 28.4 Å². The topological polar surface area (TPSA) is 71.2 Å². The summed E-state index contributed by atoms with van der Waals surface area (Å²) in [6.07, 6.45) is 1.40. The fraction of sp³-hybridized carbons (Fsp3) is 0.0870. The number of rotatable bonds is 7. The number of carbonyl (C=O) groups excluding carboxylic acids is 1. The van der Waals surface area contributed by atoms with Gasteiger partial charge >= 0.3 is 0 Å². The summed E-state index contributed by atoms with van der Waals surface area (Å²) in [7, 11) is 0. The molecule has 0 saturated heterocycles. The van der Waals surface area contributed by atoms with Crippen LogP contribution in [0.4, 0.5) is 0 Å². The number of ether oxygens (including phenoxy) is 1. The van der Waals surface area contributed by atoms with Crippen LogP contribution in [0.25, 0.3) is 0 Å². The minimum atomic E-state index is -0.226. The minimum absolute atomic E-state index is 0.0149. The second-order valence-corrected chi connectivity index (χ2v) is 5.88. The lowest BCUT2D eigenvalue weighted by molar-refractivity contribution is 0.106. The predicted octanol–water partition coefficient (Wildman–Crippen LogP) is 4.50. The van der Waals surface area contributed by atoms with Gasteiger partial charge in [0.25, 0.3) is 0 Å². The Kier molecular flexibility index (Phi) is 6.31. The molecule has 3 aromatic carbocycles. The zero-order chi connectivity index (χ0) is 19.8. The lowest BCUT2D eigenvalue weighted by Crippen LogP contribution is -2.15. The third kappa shape index (κ3) is 4.51. The number of benzene rings is 3. The van der Waals surface area contributed by atoms with Crippen molar-refractivity contribution >= 4 is 17.7 Å². The second kappa shape index (κ2) is 9.28. The van der Waals surface area contributed by atoms with E-state index >= 15 is 0 Å². The van der Waals surface area contributed by atoms with Gasteiger partial charge in [0.15, 0.2) is 11.5 Å². The zero-order valence-electron chi connectivity index (χ0n) is 15.4. The molecular formula is C23H20N2O3. The predicted molar refractivity (Wildman–Crippen MR) is 111 cm³/mol. The molecule has 3 rings (SSSR count). The van der Waals surface area contributed by atoms with Gasteiger partial charge in [-0.2, -0.15) is 5.10 Å². The molecule has 0 aliphatic rings. The third-order valence-corrected chi connectivity index (χ3v) is 3.98. The standard InChI is InChI=1S/C23H20N2O3/c1-2-28-20-15-9-14-19(22(20)26)16-24-25-21(17-10-5-3-6-11-17)23(27)18-12-7-4-8-13-18/h3-16,26H,2H2,1H3/b24-16+,25-21-. The van der Waals surface area contributed by atoms with E-state index in [9.17, 15) is 9.90 Å². The number of Topliss-reactive ketones (excluding diaryl/α,β-unsaturated/α-hetero) is 1. The minimum Gasteiger partial charge on any atom is -0.504 e. The summed E-state index contributed by atoms with van der Waals surface area (Å²) in [5.74, 6) is 0.134. The molecule has 0 aliphatic heterocycles. The molecule has 0 bridgehead atoms. The molecule has 0 aromatic heterocycles. The smallest absolute Gasteiger partial charge is 0.213 e. The van der Waals surface area contributed by atoms with Crippen LogP contribution in [0, 0.1) is 0 Å². The van der Waals surface area contributed by atoms with E-state index < -0.39 is 0 Å². The summed E-state index contributed by atoms with van der Waals surface area (Å²) in [6, 6.07) is 23.2. The number of para-hydroxylation sites is 1. The molecule has 0 fully saturated rings. The van der Waals surface area contributed by atoms with Crippen LogP contribution >= 0.6 is 0 Å². The molecule has 0 heterocycles. The van der Waals surface area contributed by atoms with Gasteiger partial charge in [-0.25, -0.2) is 0 Å². The van der Waals surface area contributed by atoms with Gasteiger partial charge in [0.2, 0.25) is 5.78 Å². The van der Waals surface area contributed by atoms with Gasteiger partial charge in [0.05, 0.1) is 12.8 Å². The molecule has 28 heavy (non-hydrogen) atoms. The van der Waals surface area contributed by atoms with Gasteiger partial charge in [-0.05, 0) is 19.1 Å². The van der Waals surface area contributed by atoms with Crippen LogP contribution in [0.5, 0.6) is 11.5 Å². The van der Waals surface area contributed by atoms with E-state index in [1.54, 1.807) is 42.5 Å². The molecule has 0 spiro atoms. The summed E-state index contributed by atoms with van der Waals surface area (Å²) < 4.78 is 5.37. The Bertz CT molecular complexity index is 997. The highest BCUT2D eigenvalue weighted by molar-refractivity contribution is 6.51. The first-order valence-electron chi connectivity index (χ1n) is 8.91. The summed E-state index contributed by atoms with van der Waals surface area (Å²) in [5.41, 5.74) is 1.88. The van der Waals surface area contributed by atoms with E-state index in [4.69, 9.17) is 4.74 Å². The van der Waals surface area contributed by atoms with Crippen molar-refractivity contribution in [2.24, 2.45) is 10.2 Å². The molecule has 0 aliphatic carbocycles. The molecule has 3 aromatic rings. The third-order valence-electron chi connectivity index (χ3n) is 3.98. The summed E-state index contributed by atoms with van der Waals surface area (Å²) in [5, 5.41) is 18.5. The first kappa shape index (κ1) is 19.0. The number of aromatic hydroxyl groups is 1. The number of hydrogen-bond donors (Lipinski definition) is 1. The fourth-order valence-corrected chi connectivity index (χ4v) is 2.62. The quantitative estimate of drug-likeness (QED) is 0.377. The summed E-state index contributed by atoms with van der Waals surface area (Å²) >= 11 is 0. The van der Waals surface area contributed by atoms with Crippen LogP contribution in [-0.4, -0.2) is 29.4 Å². The van der Waals surface area contributed by atoms with E-state index in [-0.39, 0.29) is 17.2 Å². The largest absolute Gasteiger partial charge is 0.504 e. The van der Waals surface area contributed by atoms with Crippen molar-refractivity contribution in [2.75, 3.05) is 6.61 Å². The van der Waals surface area contributed by atoms with Crippen molar-refractivity contribution in [2.45, 2.75) is 6.92 Å². The van der Waals surface area contributed by atoms with Gasteiger partial charge in [-0.15, -0.1) is 5.10 Å². The van der Waals surface area contributed by atoms with Gasteiger partial charge in [-0.3, -0.25) is 4.79 Å². The SMILES string of the molecule is CCOc1cccc(/C=N/N=C(\C(=O)c2ccccc2)c2ccccc2)c1O. The Morgan fingerprint density at radius 1 is 0.929 bits per heavy atom. The Hall–Kier alpha value is -3.73. The van der Waals surface area contributed by atoms with E-state index in [0.29, 0.717) is 29.0 Å². The van der Waals surface area contributed by atoms with Crippen molar-refractivity contribution in [3.8, 4) is 11.5 Å². The molecule has 0 saturated carbocycles. The molecule has 0 radical (unpaired) electrons. The number of hydrogen-bond acceptors (Lipinski definition) is 5. The van der Waals surface area contributed by atoms with Gasteiger partial charge in [0, 0.05) is 16.7 Å². The lowest BCUT2D eigenvalue weighted by atomic mass is 10.0. The van der Waals surface area contributed by atoms with Gasteiger partial charge in [0.1, 0.15) is 5.71 Å². The van der Waals surface area contributed by atoms with Crippen LogP contribution in [0.3, 0.4) is 0 Å². The Morgan fingerprint density at radius 3 is 2.21 bits per heavy atom. The van der Waals surface area contributed by atoms with Crippen LogP contribution in [0.2, 0.25) is 0 Å². The van der Waals surface area contributed by atoms with E-state index in [1.165, 1.54) is 6.21 Å². The van der Waals surface area contributed by atoms with Crippen LogP contribution in [-0.2, 0) is 0 Å². The molecule has 0 atom stereocenters. The monoisotopic (exact) mass is 372 g/mol. The van der Waals surface area contributed by atoms with Crippen LogP contribution in [0.15, 0.2) is 89.1 Å². The normalized spacial score (nSPS) is 11.5. The van der Waals surface area contributed by atoms with Crippen molar-refractivity contribution in [1.29, 1.82) is 0 Å². The molecule has 0 unspecified atom stereocenters. The highest BCUT2D eigenvalue weighted by Crippen LogP contribution is 2.28. The zero-order valence-corrected chi connectivity index (χ0v) is 15.4. The number of phenols is 1. The van der Waals surface area contributed by atoms with Crippen molar-refractivity contribution in [3.63, 3.8) is 0 Å². The average Bonchev–Trinajstić information content (AvgIpc) is 2.74. The van der Waals surface area contributed by atoms with E-state index in [0.717, 1.165) is 0 Å². The Balaban J connectivity index is 1.95. The Morgan fingerprint density at radius 2 is 1.57 bits per heavy atom. The highest BCUT2D eigenvalue weighted by atomic mass is 16.5. The maximum absolute atomic E-state index is 12.9. The molecular weight excluding hydrogens is 352 g/mol. The van der Waals surface area contributed by atoms with E-state index in [2.05, 4.69) is 10.2 Å². The first-order chi connectivity index (χ1) is 13.7. The van der Waals surface area contributed by atoms with Crippen molar-refractivity contribution in [1.82, 2.24) is 0 Å². The van der Waals surface area contributed by atoms with Gasteiger partial charge in [-0.1, -0.05) is 66.7 Å². The summed E-state index contributed by atoms with van der Waals surface area (Å²) in [6.45, 7) is 2.28. The molecule has 140 valence electrons. The van der Waals surface area contributed by atoms with Crippen molar-refractivity contribution < 1.29 is 14.6 Å². The van der Waals surface area contributed by atoms with Crippen LogP contribution < -0.4 is 4.74 Å². The second-order valence-electron chi connectivity index (χ2n) is 5.88. The highest BCUT2D eigenvalue weighted by Gasteiger charge is 2.16. The lowest BCUT2D eigenvalue weighted by Gasteiger charge is -2.07. The first-order valence-corrected chi connectivity index (χ1v) is 8.91. The van der Waals surface area contributed by atoms with Crippen molar-refractivity contribution in [3.05, 3.63) is 95.6 Å². The maximum Gasteiger partial charge on any atom is 0.213 e. The maximum atomic E-state index is 12.9. The fourth-order valence-electron chi connectivity index (χ4n) is 2.62. The number of ketones is 1. The van der Waals surface area contributed by atoms with E-state index in [1.807, 2.05) is 43.3 Å². The molecule has 1 N–H and O–H groups in total. The molecule has 0 amide bonds. The average molecular weight is 372 g/mol. The summed E-state index contributed by atoms with van der Waals surface area (Å²) in [4.78, 5) is 12.9. The molecule has 5 nitrogen and oxygen atoms in total. The number of phenolic OH excluding ortho intramolecular Hbond substituents is 1.